The molecule has 0 fully saturated rings. The van der Waals surface area contributed by atoms with Gasteiger partial charge in [-0.2, -0.15) is 0 Å². The Morgan fingerprint density at radius 1 is 1.28 bits per heavy atom. The van der Waals surface area contributed by atoms with Crippen molar-refractivity contribution in [2.45, 2.75) is 6.54 Å². The molecule has 1 aromatic heterocycles. The minimum absolute atomic E-state index is 0.0938. The van der Waals surface area contributed by atoms with Crippen molar-refractivity contribution < 1.29 is 28.3 Å². The number of methoxy groups -OCH3 is 1. The van der Waals surface area contributed by atoms with Gasteiger partial charge in [0.15, 0.2) is 11.3 Å². The molecule has 1 aromatic carbocycles. The van der Waals surface area contributed by atoms with E-state index in [2.05, 4.69) is 10.1 Å². The fraction of sp³-hybridized carbons (Fsp3) is 0.214. The van der Waals surface area contributed by atoms with Gasteiger partial charge in [-0.15, -0.1) is 0 Å². The zero-order valence-electron chi connectivity index (χ0n) is 12.9. The molecule has 0 atom stereocenters. The first-order valence-corrected chi connectivity index (χ1v) is 6.81. The zero-order chi connectivity index (χ0) is 18.6. The molecule has 0 aliphatic heterocycles. The van der Waals surface area contributed by atoms with Crippen molar-refractivity contribution in [2.75, 3.05) is 13.7 Å². The standard InChI is InChI=1S/C14H13N3O8/c1-23-14(22)24-8-4-2-3-7-11(8)25-13(21)17(12(7)20)6-10(19)16-5-9(15)18/h2-4H,5-6H2,1H3,(H2,15,18)(H,16,19). The summed E-state index contributed by atoms with van der Waals surface area (Å²) < 4.78 is 14.6. The molecule has 1 heterocycles. The van der Waals surface area contributed by atoms with Crippen LogP contribution in [-0.2, 0) is 20.9 Å². The summed E-state index contributed by atoms with van der Waals surface area (Å²) in [5.41, 5.74) is 3.78. The van der Waals surface area contributed by atoms with Crippen LogP contribution in [0.3, 0.4) is 0 Å². The molecule has 0 radical (unpaired) electrons. The number of aromatic nitrogens is 1. The lowest BCUT2D eigenvalue weighted by atomic mass is 10.2. The zero-order valence-corrected chi connectivity index (χ0v) is 12.9. The van der Waals surface area contributed by atoms with Crippen LogP contribution in [-0.4, -0.2) is 36.2 Å². The molecule has 0 unspecified atom stereocenters. The Bertz CT molecular complexity index is 959. The third-order valence-electron chi connectivity index (χ3n) is 2.99. The van der Waals surface area contributed by atoms with Gasteiger partial charge in [-0.3, -0.25) is 14.4 Å². The Morgan fingerprint density at radius 3 is 2.64 bits per heavy atom. The number of rotatable bonds is 5. The predicted octanol–water partition coefficient (Wildman–Crippen LogP) is -1.30. The van der Waals surface area contributed by atoms with Crippen LogP contribution >= 0.6 is 0 Å². The van der Waals surface area contributed by atoms with Crippen LogP contribution in [0.25, 0.3) is 11.0 Å². The van der Waals surface area contributed by atoms with Crippen molar-refractivity contribution in [3.8, 4) is 5.75 Å². The topological polar surface area (TPSA) is 160 Å². The normalized spacial score (nSPS) is 10.3. The number of primary amides is 1. The number of para-hydroxylation sites is 1. The molecule has 2 rings (SSSR count). The molecule has 0 bridgehead atoms. The SMILES string of the molecule is COC(=O)Oc1cccc2c(=O)n(CC(=O)NCC(N)=O)c(=O)oc12. The van der Waals surface area contributed by atoms with Gasteiger partial charge in [-0.25, -0.2) is 14.2 Å². The lowest BCUT2D eigenvalue weighted by Gasteiger charge is -2.08. The number of ether oxygens (including phenoxy) is 2. The molecule has 0 saturated heterocycles. The van der Waals surface area contributed by atoms with Crippen LogP contribution in [0.4, 0.5) is 4.79 Å². The van der Waals surface area contributed by atoms with E-state index in [1.807, 2.05) is 0 Å². The van der Waals surface area contributed by atoms with Gasteiger partial charge in [0.25, 0.3) is 5.56 Å². The van der Waals surface area contributed by atoms with Gasteiger partial charge in [0.05, 0.1) is 19.0 Å². The summed E-state index contributed by atoms with van der Waals surface area (Å²) in [6.07, 6.45) is -1.06. The van der Waals surface area contributed by atoms with Gasteiger partial charge in [0.2, 0.25) is 11.8 Å². The second-order valence-electron chi connectivity index (χ2n) is 4.69. The van der Waals surface area contributed by atoms with Crippen molar-refractivity contribution >= 4 is 28.9 Å². The highest BCUT2D eigenvalue weighted by molar-refractivity contribution is 5.85. The van der Waals surface area contributed by atoms with E-state index in [0.717, 1.165) is 7.11 Å². The van der Waals surface area contributed by atoms with E-state index in [9.17, 15) is 24.0 Å². The van der Waals surface area contributed by atoms with Crippen molar-refractivity contribution in [1.29, 1.82) is 0 Å². The molecular formula is C14H13N3O8. The van der Waals surface area contributed by atoms with Crippen LogP contribution in [0.1, 0.15) is 0 Å². The largest absolute Gasteiger partial charge is 0.513 e. The van der Waals surface area contributed by atoms with Gasteiger partial charge >= 0.3 is 11.9 Å². The van der Waals surface area contributed by atoms with Crippen molar-refractivity contribution in [1.82, 2.24) is 9.88 Å². The van der Waals surface area contributed by atoms with Crippen LogP contribution in [0, 0.1) is 0 Å². The van der Waals surface area contributed by atoms with Crippen molar-refractivity contribution in [3.05, 3.63) is 39.1 Å². The quantitative estimate of drug-likeness (QED) is 0.496. The Hall–Kier alpha value is -3.63. The molecule has 0 aliphatic carbocycles. The monoisotopic (exact) mass is 351 g/mol. The molecular weight excluding hydrogens is 338 g/mol. The van der Waals surface area contributed by atoms with Crippen molar-refractivity contribution in [3.63, 3.8) is 0 Å². The summed E-state index contributed by atoms with van der Waals surface area (Å²) in [7, 11) is 1.08. The van der Waals surface area contributed by atoms with E-state index >= 15 is 0 Å². The minimum atomic E-state index is -1.15. The number of hydrogen-bond acceptors (Lipinski definition) is 8. The van der Waals surface area contributed by atoms with Crippen LogP contribution in [0.2, 0.25) is 0 Å². The summed E-state index contributed by atoms with van der Waals surface area (Å²) >= 11 is 0. The summed E-state index contributed by atoms with van der Waals surface area (Å²) in [5.74, 6) is -2.90. The van der Waals surface area contributed by atoms with Gasteiger partial charge in [0.1, 0.15) is 6.54 Å². The fourth-order valence-corrected chi connectivity index (χ4v) is 1.89. The Kier molecular flexibility index (Phi) is 5.17. The van der Waals surface area contributed by atoms with Crippen LogP contribution < -0.4 is 27.1 Å². The highest BCUT2D eigenvalue weighted by atomic mass is 16.7. The maximum Gasteiger partial charge on any atom is 0.513 e. The number of carbonyl (C=O) groups is 3. The molecule has 2 amide bonds. The summed E-state index contributed by atoms with van der Waals surface area (Å²) in [6, 6.07) is 4.01. The molecule has 11 heteroatoms. The maximum atomic E-state index is 12.4. The first kappa shape index (κ1) is 17.7. The highest BCUT2D eigenvalue weighted by Gasteiger charge is 2.17. The predicted molar refractivity (Wildman–Crippen MR) is 82.0 cm³/mol. The van der Waals surface area contributed by atoms with E-state index < -0.39 is 42.4 Å². The molecule has 0 saturated carbocycles. The number of fused-ring (bicyclic) bond motifs is 1. The molecule has 0 spiro atoms. The van der Waals surface area contributed by atoms with Crippen molar-refractivity contribution in [2.24, 2.45) is 5.73 Å². The third-order valence-corrected chi connectivity index (χ3v) is 2.99. The first-order valence-electron chi connectivity index (χ1n) is 6.81. The summed E-state index contributed by atoms with van der Waals surface area (Å²) in [6.45, 7) is -1.11. The lowest BCUT2D eigenvalue weighted by molar-refractivity contribution is -0.125. The first-order chi connectivity index (χ1) is 11.8. The van der Waals surface area contributed by atoms with Crippen LogP contribution in [0.15, 0.2) is 32.2 Å². The third kappa shape index (κ3) is 4.02. The van der Waals surface area contributed by atoms with E-state index in [-0.39, 0.29) is 16.7 Å². The fourth-order valence-electron chi connectivity index (χ4n) is 1.89. The number of benzene rings is 1. The number of amides is 2. The summed E-state index contributed by atoms with van der Waals surface area (Å²) in [4.78, 5) is 57.9. The highest BCUT2D eigenvalue weighted by Crippen LogP contribution is 2.22. The molecule has 3 N–H and O–H groups in total. The smallest absolute Gasteiger partial charge is 0.437 e. The Labute approximate surface area is 138 Å². The average molecular weight is 351 g/mol. The molecule has 11 nitrogen and oxygen atoms in total. The second-order valence-corrected chi connectivity index (χ2v) is 4.69. The van der Waals surface area contributed by atoms with E-state index in [4.69, 9.17) is 14.9 Å². The number of nitrogens with one attached hydrogen (secondary N) is 1. The number of nitrogens with zero attached hydrogens (tertiary/aromatic N) is 1. The van der Waals surface area contributed by atoms with Gasteiger partial charge in [-0.05, 0) is 12.1 Å². The number of carbonyl (C=O) groups excluding carboxylic acids is 3. The van der Waals surface area contributed by atoms with Gasteiger partial charge < -0.3 is 24.9 Å². The Balaban J connectivity index is 2.43. The van der Waals surface area contributed by atoms with E-state index in [0.29, 0.717) is 4.57 Å². The molecule has 2 aromatic rings. The van der Waals surface area contributed by atoms with E-state index in [1.165, 1.54) is 18.2 Å². The van der Waals surface area contributed by atoms with Crippen LogP contribution in [0.5, 0.6) is 5.75 Å². The van der Waals surface area contributed by atoms with E-state index in [1.54, 1.807) is 0 Å². The second kappa shape index (κ2) is 7.29. The summed E-state index contributed by atoms with van der Waals surface area (Å²) in [5, 5.41) is 2.04. The van der Waals surface area contributed by atoms with Gasteiger partial charge in [0, 0.05) is 0 Å². The average Bonchev–Trinajstić information content (AvgIpc) is 2.57. The Morgan fingerprint density at radius 2 is 2.00 bits per heavy atom. The molecule has 0 aliphatic rings. The maximum absolute atomic E-state index is 12.4. The molecule has 25 heavy (non-hydrogen) atoms. The molecule has 132 valence electrons. The number of hydrogen-bond donors (Lipinski definition) is 2. The lowest BCUT2D eigenvalue weighted by Crippen LogP contribution is -2.41. The van der Waals surface area contributed by atoms with Gasteiger partial charge in [-0.1, -0.05) is 6.07 Å². The number of nitrogens with two attached hydrogens (primary N) is 1. The minimum Gasteiger partial charge on any atom is -0.437 e.